The molecule has 1 aliphatic heterocycles. The summed E-state index contributed by atoms with van der Waals surface area (Å²) in [6, 6.07) is 21.5. The molecule has 0 aliphatic carbocycles. The molecule has 2 N–H and O–H groups in total. The SMILES string of the molecule is CCC(=O)Nc1ccc(N2C(=S)N[C@H](c3ccccn3)[C@H]2c2cc(C)n(-c3ccc(OC)cc3)c2C)cc1OC. The third-order valence-electron chi connectivity index (χ3n) is 7.28. The maximum Gasteiger partial charge on any atom is 0.224 e. The second-order valence-corrected chi connectivity index (χ2v) is 10.0. The number of carbonyl (C=O) groups excluding carboxylic acids is 1. The Hall–Kier alpha value is -4.37. The van der Waals surface area contributed by atoms with Gasteiger partial charge in [-0.05, 0) is 86.2 Å². The Balaban J connectivity index is 1.63. The third-order valence-corrected chi connectivity index (χ3v) is 7.59. The Morgan fingerprint density at radius 1 is 1.02 bits per heavy atom. The van der Waals surface area contributed by atoms with Crippen molar-refractivity contribution in [3.05, 3.63) is 95.6 Å². The van der Waals surface area contributed by atoms with E-state index >= 15 is 0 Å². The second-order valence-electron chi connectivity index (χ2n) is 9.64. The quantitative estimate of drug-likeness (QED) is 0.257. The monoisotopic (exact) mass is 555 g/mol. The molecule has 1 amide bonds. The van der Waals surface area contributed by atoms with Crippen molar-refractivity contribution >= 4 is 34.6 Å². The predicted octanol–water partition coefficient (Wildman–Crippen LogP) is 6.03. The first kappa shape index (κ1) is 27.2. The molecule has 40 heavy (non-hydrogen) atoms. The number of anilines is 2. The molecule has 0 radical (unpaired) electrons. The van der Waals surface area contributed by atoms with Crippen LogP contribution in [-0.2, 0) is 4.79 Å². The molecular formula is C31H33N5O3S. The fourth-order valence-electron chi connectivity index (χ4n) is 5.34. The Bertz CT molecular complexity index is 1530. The molecular weight excluding hydrogens is 522 g/mol. The minimum Gasteiger partial charge on any atom is -0.497 e. The molecule has 1 fully saturated rings. The molecule has 206 valence electrons. The van der Waals surface area contributed by atoms with Gasteiger partial charge in [-0.25, -0.2) is 0 Å². The van der Waals surface area contributed by atoms with Crippen molar-refractivity contribution in [3.8, 4) is 17.2 Å². The molecule has 2 aromatic heterocycles. The van der Waals surface area contributed by atoms with Gasteiger partial charge in [-0.15, -0.1) is 0 Å². The van der Waals surface area contributed by atoms with Crippen molar-refractivity contribution in [2.24, 2.45) is 0 Å². The Labute approximate surface area is 239 Å². The van der Waals surface area contributed by atoms with Crippen LogP contribution < -0.4 is 25.0 Å². The topological polar surface area (TPSA) is 80.7 Å². The zero-order chi connectivity index (χ0) is 28.4. The summed E-state index contributed by atoms with van der Waals surface area (Å²) < 4.78 is 13.3. The smallest absolute Gasteiger partial charge is 0.224 e. The molecule has 4 aromatic rings. The number of thiocarbonyl (C=S) groups is 1. The molecule has 2 atom stereocenters. The van der Waals surface area contributed by atoms with E-state index in [0.717, 1.165) is 39.8 Å². The van der Waals surface area contributed by atoms with Crippen LogP contribution in [0, 0.1) is 13.8 Å². The number of hydrogen-bond acceptors (Lipinski definition) is 5. The first-order chi connectivity index (χ1) is 19.4. The van der Waals surface area contributed by atoms with Crippen molar-refractivity contribution < 1.29 is 14.3 Å². The third kappa shape index (κ3) is 5.00. The van der Waals surface area contributed by atoms with Crippen LogP contribution in [0.5, 0.6) is 11.5 Å². The Morgan fingerprint density at radius 3 is 2.42 bits per heavy atom. The van der Waals surface area contributed by atoms with E-state index in [1.807, 2.05) is 55.5 Å². The number of nitrogens with one attached hydrogen (secondary N) is 2. The minimum absolute atomic E-state index is 0.0801. The summed E-state index contributed by atoms with van der Waals surface area (Å²) >= 11 is 5.94. The van der Waals surface area contributed by atoms with Crippen LogP contribution in [-0.4, -0.2) is 34.8 Å². The first-order valence-corrected chi connectivity index (χ1v) is 13.6. The number of amides is 1. The highest BCUT2D eigenvalue weighted by Crippen LogP contribution is 2.45. The minimum atomic E-state index is -0.193. The molecule has 1 saturated heterocycles. The lowest BCUT2D eigenvalue weighted by Crippen LogP contribution is -2.29. The van der Waals surface area contributed by atoms with E-state index in [1.165, 1.54) is 0 Å². The van der Waals surface area contributed by atoms with Crippen LogP contribution in [0.1, 0.15) is 48.1 Å². The zero-order valence-corrected chi connectivity index (χ0v) is 24.1. The largest absolute Gasteiger partial charge is 0.497 e. The van der Waals surface area contributed by atoms with Crippen molar-refractivity contribution in [2.75, 3.05) is 24.4 Å². The number of rotatable bonds is 8. The van der Waals surface area contributed by atoms with Gasteiger partial charge in [0, 0.05) is 41.4 Å². The summed E-state index contributed by atoms with van der Waals surface area (Å²) in [6.45, 7) is 6.05. The van der Waals surface area contributed by atoms with Crippen LogP contribution in [0.2, 0.25) is 0 Å². The summed E-state index contributed by atoms with van der Waals surface area (Å²) in [5.41, 5.74) is 6.74. The second kappa shape index (κ2) is 11.4. The lowest BCUT2D eigenvalue weighted by molar-refractivity contribution is -0.115. The van der Waals surface area contributed by atoms with E-state index in [0.29, 0.717) is 23.0 Å². The summed E-state index contributed by atoms with van der Waals surface area (Å²) in [4.78, 5) is 18.9. The molecule has 0 saturated carbocycles. The van der Waals surface area contributed by atoms with E-state index in [9.17, 15) is 4.79 Å². The van der Waals surface area contributed by atoms with Gasteiger partial charge in [0.25, 0.3) is 0 Å². The number of nitrogens with zero attached hydrogens (tertiary/aromatic N) is 3. The normalized spacial score (nSPS) is 16.5. The van der Waals surface area contributed by atoms with Crippen LogP contribution in [0.3, 0.4) is 0 Å². The van der Waals surface area contributed by atoms with E-state index < -0.39 is 0 Å². The van der Waals surface area contributed by atoms with Gasteiger partial charge in [-0.2, -0.15) is 0 Å². The number of benzene rings is 2. The molecule has 1 aliphatic rings. The number of aromatic nitrogens is 2. The summed E-state index contributed by atoms with van der Waals surface area (Å²) in [5, 5.41) is 7.03. The summed E-state index contributed by atoms with van der Waals surface area (Å²) in [5.74, 6) is 1.29. The standard InChI is InChI=1S/C31H33N5O3S/c1-6-28(37)33-25-15-12-22(18-27(25)39-5)36-30(29(34-31(36)40)26-9-7-8-16-32-26)24-17-19(2)35(20(24)3)21-10-13-23(38-4)14-11-21/h7-18,29-30H,6H2,1-5H3,(H,33,37)(H,34,40)/t29-,30-/m1/s1. The van der Waals surface area contributed by atoms with Crippen molar-refractivity contribution in [1.29, 1.82) is 0 Å². The average molecular weight is 556 g/mol. The summed E-state index contributed by atoms with van der Waals surface area (Å²) in [6.07, 6.45) is 2.18. The summed E-state index contributed by atoms with van der Waals surface area (Å²) in [7, 11) is 3.26. The molecule has 0 bridgehead atoms. The Morgan fingerprint density at radius 2 is 1.77 bits per heavy atom. The number of aryl methyl sites for hydroxylation is 1. The van der Waals surface area contributed by atoms with E-state index in [1.54, 1.807) is 20.4 Å². The van der Waals surface area contributed by atoms with Crippen LogP contribution in [0.15, 0.2) is 72.9 Å². The van der Waals surface area contributed by atoms with Gasteiger partial charge in [-0.3, -0.25) is 9.78 Å². The highest BCUT2D eigenvalue weighted by molar-refractivity contribution is 7.80. The molecule has 0 spiro atoms. The van der Waals surface area contributed by atoms with E-state index in [2.05, 4.69) is 57.1 Å². The van der Waals surface area contributed by atoms with Gasteiger partial charge in [-0.1, -0.05) is 13.0 Å². The fourth-order valence-corrected chi connectivity index (χ4v) is 5.68. The molecule has 0 unspecified atom stereocenters. The van der Waals surface area contributed by atoms with Crippen LogP contribution >= 0.6 is 12.2 Å². The first-order valence-electron chi connectivity index (χ1n) is 13.2. The fraction of sp³-hybridized carbons (Fsp3) is 0.258. The van der Waals surface area contributed by atoms with Gasteiger partial charge >= 0.3 is 0 Å². The van der Waals surface area contributed by atoms with E-state index in [-0.39, 0.29) is 18.0 Å². The molecule has 8 nitrogen and oxygen atoms in total. The van der Waals surface area contributed by atoms with Crippen molar-refractivity contribution in [1.82, 2.24) is 14.9 Å². The number of methoxy groups -OCH3 is 2. The van der Waals surface area contributed by atoms with E-state index in [4.69, 9.17) is 21.7 Å². The average Bonchev–Trinajstić information content (AvgIpc) is 3.48. The highest BCUT2D eigenvalue weighted by Gasteiger charge is 2.42. The van der Waals surface area contributed by atoms with Gasteiger partial charge in [0.1, 0.15) is 11.5 Å². The van der Waals surface area contributed by atoms with Crippen LogP contribution in [0.25, 0.3) is 5.69 Å². The number of hydrogen-bond donors (Lipinski definition) is 2. The maximum atomic E-state index is 12.1. The number of carbonyl (C=O) groups is 1. The Kier molecular flexibility index (Phi) is 7.75. The van der Waals surface area contributed by atoms with Crippen LogP contribution in [0.4, 0.5) is 11.4 Å². The lowest BCUT2D eigenvalue weighted by Gasteiger charge is -2.29. The molecule has 3 heterocycles. The lowest BCUT2D eigenvalue weighted by atomic mass is 9.96. The van der Waals surface area contributed by atoms with Crippen molar-refractivity contribution in [2.45, 2.75) is 39.3 Å². The number of ether oxygens (including phenoxy) is 2. The number of pyridine rings is 1. The van der Waals surface area contributed by atoms with Gasteiger partial charge in [0.05, 0.1) is 37.7 Å². The van der Waals surface area contributed by atoms with Gasteiger partial charge in [0.2, 0.25) is 5.91 Å². The highest BCUT2D eigenvalue weighted by atomic mass is 32.1. The molecule has 5 rings (SSSR count). The van der Waals surface area contributed by atoms with Crippen molar-refractivity contribution in [3.63, 3.8) is 0 Å². The zero-order valence-electron chi connectivity index (χ0n) is 23.3. The maximum absolute atomic E-state index is 12.1. The van der Waals surface area contributed by atoms with Gasteiger partial charge in [0.15, 0.2) is 5.11 Å². The molecule has 9 heteroatoms. The predicted molar refractivity (Wildman–Crippen MR) is 162 cm³/mol. The molecule has 2 aromatic carbocycles. The van der Waals surface area contributed by atoms with Gasteiger partial charge < -0.3 is 29.6 Å².